The number of nitriles is 1. The number of aryl methyl sites for hydroxylation is 1. The highest BCUT2D eigenvalue weighted by Crippen LogP contribution is 2.40. The van der Waals surface area contributed by atoms with Gasteiger partial charge in [0.2, 0.25) is 5.88 Å². The van der Waals surface area contributed by atoms with Gasteiger partial charge < -0.3 is 24.2 Å². The predicted molar refractivity (Wildman–Crippen MR) is 85.3 cm³/mol. The third-order valence-corrected chi connectivity index (χ3v) is 4.04. The monoisotopic (exact) mass is 327 g/mol. The van der Waals surface area contributed by atoms with Gasteiger partial charge in [0.25, 0.3) is 5.56 Å². The van der Waals surface area contributed by atoms with E-state index in [1.54, 1.807) is 29.9 Å². The second-order valence-electron chi connectivity index (χ2n) is 5.45. The molecule has 24 heavy (non-hydrogen) atoms. The van der Waals surface area contributed by atoms with Crippen molar-refractivity contribution in [3.8, 4) is 11.8 Å². The van der Waals surface area contributed by atoms with E-state index in [0.717, 1.165) is 5.69 Å². The van der Waals surface area contributed by atoms with Gasteiger partial charge in [0.05, 0.1) is 24.4 Å². The minimum Gasteiger partial charge on any atom is -0.468 e. The maximum atomic E-state index is 13.0. The molecule has 124 valence electrons. The number of fused-ring (bicyclic) bond motifs is 1. The number of nitrogens with zero attached hydrogens (tertiary/aromatic N) is 2. The zero-order chi connectivity index (χ0) is 17.3. The Morgan fingerprint density at radius 3 is 2.92 bits per heavy atom. The first kappa shape index (κ1) is 15.9. The predicted octanol–water partition coefficient (Wildman–Crippen LogP) is 1.61. The smallest absolute Gasteiger partial charge is 0.258 e. The Bertz CT molecular complexity index is 888. The number of hydrogen-bond acceptors (Lipinski definition) is 6. The lowest BCUT2D eigenvalue weighted by Gasteiger charge is -2.25. The van der Waals surface area contributed by atoms with Gasteiger partial charge in [0.15, 0.2) is 0 Å². The standard InChI is InChI=1S/C17H17N3O4/c1-10-8-13-15(17(21)20(10)5-7-22-2)14(12-4-3-6-23-12)11(9-18)16(19)24-13/h3-4,6,8,14H,5,7,19H2,1-2H3/t14-/m0/s1. The fourth-order valence-electron chi connectivity index (χ4n) is 2.89. The molecule has 0 aromatic carbocycles. The van der Waals surface area contributed by atoms with E-state index in [2.05, 4.69) is 0 Å². The van der Waals surface area contributed by atoms with Crippen molar-refractivity contribution in [1.82, 2.24) is 4.57 Å². The van der Waals surface area contributed by atoms with Crippen LogP contribution in [-0.2, 0) is 11.3 Å². The third-order valence-electron chi connectivity index (χ3n) is 4.04. The largest absolute Gasteiger partial charge is 0.468 e. The Labute approximate surface area is 138 Å². The molecule has 0 saturated heterocycles. The lowest BCUT2D eigenvalue weighted by Crippen LogP contribution is -2.33. The van der Waals surface area contributed by atoms with Crippen molar-refractivity contribution in [2.45, 2.75) is 19.4 Å². The molecule has 2 N–H and O–H groups in total. The molecule has 2 aromatic rings. The van der Waals surface area contributed by atoms with E-state index in [-0.39, 0.29) is 17.0 Å². The van der Waals surface area contributed by atoms with Crippen LogP contribution in [0.4, 0.5) is 0 Å². The van der Waals surface area contributed by atoms with Crippen LogP contribution in [0.2, 0.25) is 0 Å². The summed E-state index contributed by atoms with van der Waals surface area (Å²) in [5.74, 6) is 0.123. The summed E-state index contributed by atoms with van der Waals surface area (Å²) < 4.78 is 17.6. The number of nitrogens with two attached hydrogens (primary N) is 1. The number of ether oxygens (including phenoxy) is 2. The quantitative estimate of drug-likeness (QED) is 0.915. The summed E-state index contributed by atoms with van der Waals surface area (Å²) in [4.78, 5) is 13.0. The Morgan fingerprint density at radius 1 is 1.50 bits per heavy atom. The molecule has 3 heterocycles. The minimum atomic E-state index is -0.685. The van der Waals surface area contributed by atoms with Crippen LogP contribution in [0.3, 0.4) is 0 Å². The number of pyridine rings is 1. The summed E-state index contributed by atoms with van der Waals surface area (Å²) in [6.45, 7) is 2.61. The van der Waals surface area contributed by atoms with Gasteiger partial charge in [-0.05, 0) is 19.1 Å². The van der Waals surface area contributed by atoms with Crippen LogP contribution in [0.5, 0.6) is 5.75 Å². The second-order valence-corrected chi connectivity index (χ2v) is 5.45. The van der Waals surface area contributed by atoms with E-state index < -0.39 is 5.92 Å². The first-order valence-electron chi connectivity index (χ1n) is 7.42. The zero-order valence-electron chi connectivity index (χ0n) is 13.4. The topological polar surface area (TPSA) is 103 Å². The van der Waals surface area contributed by atoms with Gasteiger partial charge in [0, 0.05) is 25.4 Å². The van der Waals surface area contributed by atoms with Crippen molar-refractivity contribution in [2.24, 2.45) is 5.73 Å². The molecule has 0 aliphatic carbocycles. The molecule has 3 rings (SSSR count). The molecule has 0 fully saturated rings. The molecule has 0 radical (unpaired) electrons. The number of furan rings is 1. The van der Waals surface area contributed by atoms with Crippen LogP contribution in [0.1, 0.15) is 22.9 Å². The van der Waals surface area contributed by atoms with Gasteiger partial charge >= 0.3 is 0 Å². The molecule has 1 aliphatic rings. The van der Waals surface area contributed by atoms with Crippen molar-refractivity contribution < 1.29 is 13.9 Å². The molecule has 1 atom stereocenters. The van der Waals surface area contributed by atoms with Crippen molar-refractivity contribution in [3.63, 3.8) is 0 Å². The lowest BCUT2D eigenvalue weighted by molar-refractivity contribution is 0.185. The van der Waals surface area contributed by atoms with E-state index in [1.165, 1.54) is 6.26 Å². The first-order chi connectivity index (χ1) is 11.6. The Morgan fingerprint density at radius 2 is 2.29 bits per heavy atom. The van der Waals surface area contributed by atoms with Crippen LogP contribution in [-0.4, -0.2) is 18.3 Å². The van der Waals surface area contributed by atoms with E-state index in [9.17, 15) is 10.1 Å². The fourth-order valence-corrected chi connectivity index (χ4v) is 2.89. The maximum Gasteiger partial charge on any atom is 0.258 e. The number of allylic oxidation sites excluding steroid dienone is 1. The summed E-state index contributed by atoms with van der Waals surface area (Å²) in [5, 5.41) is 9.47. The Balaban J connectivity index is 2.25. The Hall–Kier alpha value is -2.98. The summed E-state index contributed by atoms with van der Waals surface area (Å²) in [6.07, 6.45) is 1.49. The molecular formula is C17H17N3O4. The summed E-state index contributed by atoms with van der Waals surface area (Å²) >= 11 is 0. The molecule has 1 aliphatic heterocycles. The normalized spacial score (nSPS) is 16.5. The average molecular weight is 327 g/mol. The molecule has 7 heteroatoms. The van der Waals surface area contributed by atoms with Gasteiger partial charge in [-0.2, -0.15) is 5.26 Å². The molecule has 7 nitrogen and oxygen atoms in total. The van der Waals surface area contributed by atoms with Crippen molar-refractivity contribution in [1.29, 1.82) is 5.26 Å². The highest BCUT2D eigenvalue weighted by Gasteiger charge is 2.35. The number of hydrogen-bond donors (Lipinski definition) is 1. The van der Waals surface area contributed by atoms with Crippen molar-refractivity contribution >= 4 is 0 Å². The van der Waals surface area contributed by atoms with Gasteiger partial charge in [-0.3, -0.25) is 4.79 Å². The van der Waals surface area contributed by atoms with Gasteiger partial charge in [-0.15, -0.1) is 0 Å². The molecule has 0 bridgehead atoms. The minimum absolute atomic E-state index is 0.0140. The number of rotatable bonds is 4. The third kappa shape index (κ3) is 2.47. The second kappa shape index (κ2) is 6.26. The van der Waals surface area contributed by atoms with E-state index in [1.807, 2.05) is 13.0 Å². The molecule has 0 spiro atoms. The molecule has 0 amide bonds. The van der Waals surface area contributed by atoms with Gasteiger partial charge in [0.1, 0.15) is 23.2 Å². The number of aromatic nitrogens is 1. The van der Waals surface area contributed by atoms with Crippen LogP contribution < -0.4 is 16.0 Å². The summed E-state index contributed by atoms with van der Waals surface area (Å²) in [5.41, 5.74) is 6.87. The van der Waals surface area contributed by atoms with Crippen molar-refractivity contribution in [2.75, 3.05) is 13.7 Å². The Kier molecular flexibility index (Phi) is 4.15. The SMILES string of the molecule is COCCn1c(C)cc2c(c1=O)[C@H](c1ccco1)C(C#N)=C(N)O2. The van der Waals surface area contributed by atoms with Crippen LogP contribution in [0.25, 0.3) is 0 Å². The highest BCUT2D eigenvalue weighted by atomic mass is 16.5. The number of methoxy groups -OCH3 is 1. The fraction of sp³-hybridized carbons (Fsp3) is 0.294. The summed E-state index contributed by atoms with van der Waals surface area (Å²) in [7, 11) is 1.57. The first-order valence-corrected chi connectivity index (χ1v) is 7.42. The molecule has 0 saturated carbocycles. The molecule has 0 unspecified atom stereocenters. The van der Waals surface area contributed by atoms with E-state index in [0.29, 0.717) is 30.2 Å². The van der Waals surface area contributed by atoms with Gasteiger partial charge in [-0.25, -0.2) is 0 Å². The molecular weight excluding hydrogens is 310 g/mol. The molecule has 2 aromatic heterocycles. The van der Waals surface area contributed by atoms with Crippen molar-refractivity contribution in [3.05, 3.63) is 63.3 Å². The lowest BCUT2D eigenvalue weighted by atomic mass is 9.88. The average Bonchev–Trinajstić information content (AvgIpc) is 3.07. The zero-order valence-corrected chi connectivity index (χ0v) is 13.4. The summed E-state index contributed by atoms with van der Waals surface area (Å²) in [6, 6.07) is 7.19. The van der Waals surface area contributed by atoms with E-state index in [4.69, 9.17) is 19.6 Å². The highest BCUT2D eigenvalue weighted by molar-refractivity contribution is 5.53. The van der Waals surface area contributed by atoms with E-state index >= 15 is 0 Å². The van der Waals surface area contributed by atoms with Crippen LogP contribution in [0, 0.1) is 18.3 Å². The van der Waals surface area contributed by atoms with Crippen LogP contribution in [0.15, 0.2) is 45.1 Å². The van der Waals surface area contributed by atoms with Gasteiger partial charge in [-0.1, -0.05) is 0 Å². The maximum absolute atomic E-state index is 13.0. The van der Waals surface area contributed by atoms with Crippen LogP contribution >= 0.6 is 0 Å².